The summed E-state index contributed by atoms with van der Waals surface area (Å²) in [5.41, 5.74) is 8.77. The van der Waals surface area contributed by atoms with Crippen LogP contribution in [0.2, 0.25) is 0 Å². The molecule has 2 heteroatoms. The van der Waals surface area contributed by atoms with Crippen molar-refractivity contribution in [2.45, 2.75) is 32.6 Å². The van der Waals surface area contributed by atoms with Gasteiger partial charge in [0.2, 0.25) is 0 Å². The Balaban J connectivity index is 1.77. The van der Waals surface area contributed by atoms with Crippen LogP contribution in [0, 0.1) is 5.92 Å². The fraction of sp³-hybridized carbons (Fsp3) is 0.357. The fourth-order valence-corrected chi connectivity index (χ4v) is 4.77. The molecule has 0 saturated carbocycles. The smallest absolute Gasteiger partial charge is 0.115 e. The molecule has 2 aliphatic rings. The Kier molecular flexibility index (Phi) is 6.54. The predicted octanol–water partition coefficient (Wildman–Crippen LogP) is 6.36. The van der Waals surface area contributed by atoms with E-state index in [1.165, 1.54) is 33.4 Å². The molecule has 0 bridgehead atoms. The zero-order valence-corrected chi connectivity index (χ0v) is 18.5. The van der Waals surface area contributed by atoms with E-state index in [0.29, 0.717) is 5.92 Å². The molecule has 1 atom stereocenters. The molecule has 0 spiro atoms. The van der Waals surface area contributed by atoms with Crippen LogP contribution < -0.4 is 0 Å². The molecule has 0 N–H and O–H groups in total. The van der Waals surface area contributed by atoms with E-state index in [0.717, 1.165) is 44.6 Å². The van der Waals surface area contributed by atoms with Gasteiger partial charge >= 0.3 is 0 Å². The molecular formula is C28H33NO. The van der Waals surface area contributed by atoms with Gasteiger partial charge in [0, 0.05) is 12.5 Å². The van der Waals surface area contributed by atoms with Gasteiger partial charge in [0.25, 0.3) is 0 Å². The zero-order valence-electron chi connectivity index (χ0n) is 18.5. The number of nitrogens with zero attached hydrogens (tertiary/aromatic N) is 1. The normalized spacial score (nSPS) is 21.1. The Hall–Kier alpha value is -2.58. The first kappa shape index (κ1) is 20.7. The van der Waals surface area contributed by atoms with Crippen LogP contribution in [0.25, 0.3) is 11.1 Å². The molecule has 0 heterocycles. The molecule has 2 aromatic carbocycles. The topological polar surface area (TPSA) is 12.5 Å². The molecule has 2 nitrogen and oxygen atoms in total. The van der Waals surface area contributed by atoms with Crippen LogP contribution >= 0.6 is 0 Å². The first-order valence-electron chi connectivity index (χ1n) is 11.2. The van der Waals surface area contributed by atoms with Gasteiger partial charge in [0.1, 0.15) is 12.4 Å². The largest absolute Gasteiger partial charge is 0.493 e. The number of aryl methyl sites for hydroxylation is 1. The van der Waals surface area contributed by atoms with E-state index in [-0.39, 0.29) is 0 Å². The van der Waals surface area contributed by atoms with E-state index in [1.807, 2.05) is 0 Å². The molecule has 0 saturated heterocycles. The van der Waals surface area contributed by atoms with Crippen LogP contribution in [0.3, 0.4) is 0 Å². The van der Waals surface area contributed by atoms with Crippen molar-refractivity contribution >= 4 is 11.1 Å². The maximum atomic E-state index is 6.11. The van der Waals surface area contributed by atoms with Gasteiger partial charge in [-0.3, -0.25) is 0 Å². The molecule has 0 aliphatic heterocycles. The maximum Gasteiger partial charge on any atom is 0.115 e. The number of hydrogen-bond acceptors (Lipinski definition) is 2. The van der Waals surface area contributed by atoms with Crippen molar-refractivity contribution in [3.63, 3.8) is 0 Å². The van der Waals surface area contributed by atoms with Crippen LogP contribution in [-0.2, 0) is 11.2 Å². The van der Waals surface area contributed by atoms with E-state index < -0.39 is 0 Å². The summed E-state index contributed by atoms with van der Waals surface area (Å²) in [5.74, 6) is 1.47. The highest BCUT2D eigenvalue weighted by atomic mass is 16.5. The second kappa shape index (κ2) is 9.49. The van der Waals surface area contributed by atoms with Crippen molar-refractivity contribution in [1.29, 1.82) is 0 Å². The molecule has 30 heavy (non-hydrogen) atoms. The number of fused-ring (bicyclic) bond motifs is 2. The van der Waals surface area contributed by atoms with Gasteiger partial charge in [-0.1, -0.05) is 67.1 Å². The Morgan fingerprint density at radius 1 is 0.967 bits per heavy atom. The average Bonchev–Trinajstić information content (AvgIpc) is 2.76. The third kappa shape index (κ3) is 4.44. The summed E-state index contributed by atoms with van der Waals surface area (Å²) in [6, 6.07) is 20.0. The SMILES string of the molecule is CC/C1=C(\c2ccccc2)C2CC=C(OCCN(C)C)C=C2CCc2ccccc21. The lowest BCUT2D eigenvalue weighted by molar-refractivity contribution is 0.190. The summed E-state index contributed by atoms with van der Waals surface area (Å²) in [5, 5.41) is 0. The molecule has 4 rings (SSSR count). The van der Waals surface area contributed by atoms with Crippen molar-refractivity contribution < 1.29 is 4.74 Å². The monoisotopic (exact) mass is 399 g/mol. The second-order valence-corrected chi connectivity index (χ2v) is 8.53. The molecule has 0 aromatic heterocycles. The maximum absolute atomic E-state index is 6.11. The van der Waals surface area contributed by atoms with Crippen LogP contribution in [0.5, 0.6) is 0 Å². The Bertz CT molecular complexity index is 965. The third-order valence-electron chi connectivity index (χ3n) is 6.27. The van der Waals surface area contributed by atoms with E-state index in [2.05, 4.69) is 92.7 Å². The van der Waals surface area contributed by atoms with Gasteiger partial charge < -0.3 is 9.64 Å². The van der Waals surface area contributed by atoms with Crippen LogP contribution in [0.1, 0.15) is 42.9 Å². The Morgan fingerprint density at radius 2 is 1.73 bits per heavy atom. The molecule has 156 valence electrons. The molecule has 0 fully saturated rings. The Morgan fingerprint density at radius 3 is 2.50 bits per heavy atom. The van der Waals surface area contributed by atoms with E-state index in [4.69, 9.17) is 4.74 Å². The summed E-state index contributed by atoms with van der Waals surface area (Å²) in [7, 11) is 4.17. The molecular weight excluding hydrogens is 366 g/mol. The fourth-order valence-electron chi connectivity index (χ4n) is 4.77. The minimum atomic E-state index is 0.428. The summed E-state index contributed by atoms with van der Waals surface area (Å²) in [4.78, 5) is 2.16. The lowest BCUT2D eigenvalue weighted by Crippen LogP contribution is -2.19. The standard InChI is InChI=1S/C28H33NO/c1-4-25-26-13-9-8-10-21(26)14-15-23-20-24(30-19-18-29(2)3)16-17-27(23)28(25)22-11-6-5-7-12-22/h5-13,16,20,27H,4,14-15,17-19H2,1-3H3/b28-25-. The summed E-state index contributed by atoms with van der Waals surface area (Å²) >= 11 is 0. The molecule has 2 aliphatic carbocycles. The highest BCUT2D eigenvalue weighted by Gasteiger charge is 2.28. The lowest BCUT2D eigenvalue weighted by Gasteiger charge is -2.32. The minimum Gasteiger partial charge on any atom is -0.493 e. The summed E-state index contributed by atoms with van der Waals surface area (Å²) < 4.78 is 6.11. The zero-order chi connectivity index (χ0) is 20.9. The third-order valence-corrected chi connectivity index (χ3v) is 6.27. The molecule has 1 unspecified atom stereocenters. The van der Waals surface area contributed by atoms with Crippen molar-refractivity contribution in [2.75, 3.05) is 27.2 Å². The van der Waals surface area contributed by atoms with Crippen LogP contribution in [0.4, 0.5) is 0 Å². The van der Waals surface area contributed by atoms with E-state index >= 15 is 0 Å². The number of ether oxygens (including phenoxy) is 1. The quantitative estimate of drug-likeness (QED) is 0.560. The van der Waals surface area contributed by atoms with Gasteiger partial charge in [0.15, 0.2) is 0 Å². The van der Waals surface area contributed by atoms with Crippen LogP contribution in [-0.4, -0.2) is 32.1 Å². The van der Waals surface area contributed by atoms with Gasteiger partial charge in [-0.25, -0.2) is 0 Å². The number of likely N-dealkylation sites (N-methyl/N-ethyl adjacent to an activating group) is 1. The molecule has 0 radical (unpaired) electrons. The number of allylic oxidation sites excluding steroid dienone is 5. The lowest BCUT2D eigenvalue weighted by atomic mass is 9.73. The van der Waals surface area contributed by atoms with E-state index in [9.17, 15) is 0 Å². The summed E-state index contributed by atoms with van der Waals surface area (Å²) in [6.45, 7) is 3.97. The van der Waals surface area contributed by atoms with Crippen molar-refractivity contribution in [1.82, 2.24) is 4.90 Å². The van der Waals surface area contributed by atoms with E-state index in [1.54, 1.807) is 0 Å². The average molecular weight is 400 g/mol. The minimum absolute atomic E-state index is 0.428. The first-order chi connectivity index (χ1) is 14.7. The van der Waals surface area contributed by atoms with Crippen molar-refractivity contribution in [2.24, 2.45) is 5.92 Å². The highest BCUT2D eigenvalue weighted by Crippen LogP contribution is 2.45. The molecule has 0 amide bonds. The Labute approximate surface area is 181 Å². The number of hydrogen-bond donors (Lipinski definition) is 0. The van der Waals surface area contributed by atoms with Crippen molar-refractivity contribution in [3.8, 4) is 0 Å². The van der Waals surface area contributed by atoms with Gasteiger partial charge in [-0.2, -0.15) is 0 Å². The van der Waals surface area contributed by atoms with Crippen molar-refractivity contribution in [3.05, 3.63) is 94.8 Å². The van der Waals surface area contributed by atoms with Gasteiger partial charge in [-0.05, 0) is 79.8 Å². The van der Waals surface area contributed by atoms with Crippen LogP contribution in [0.15, 0.2) is 78.1 Å². The highest BCUT2D eigenvalue weighted by molar-refractivity contribution is 5.94. The summed E-state index contributed by atoms with van der Waals surface area (Å²) in [6.07, 6.45) is 8.86. The van der Waals surface area contributed by atoms with Gasteiger partial charge in [-0.15, -0.1) is 0 Å². The second-order valence-electron chi connectivity index (χ2n) is 8.53. The molecule has 2 aromatic rings. The predicted molar refractivity (Wildman–Crippen MR) is 127 cm³/mol. The van der Waals surface area contributed by atoms with Gasteiger partial charge in [0.05, 0.1) is 0 Å². The first-order valence-corrected chi connectivity index (χ1v) is 11.2. The number of benzene rings is 2. The number of rotatable bonds is 6.